The summed E-state index contributed by atoms with van der Waals surface area (Å²) in [5.74, 6) is 0.532. The number of amides is 1. The summed E-state index contributed by atoms with van der Waals surface area (Å²) in [4.78, 5) is 13.8. The van der Waals surface area contributed by atoms with Crippen LogP contribution in [-0.4, -0.2) is 25.6 Å². The molecule has 3 rings (SSSR count). The molecule has 2 N–H and O–H groups in total. The number of nitrogens with zero attached hydrogens (tertiary/aromatic N) is 1. The van der Waals surface area contributed by atoms with E-state index < -0.39 is 0 Å². The first-order valence-electron chi connectivity index (χ1n) is 7.60. The van der Waals surface area contributed by atoms with Gasteiger partial charge < -0.3 is 15.4 Å². The van der Waals surface area contributed by atoms with Crippen molar-refractivity contribution in [2.75, 3.05) is 24.6 Å². The molecule has 0 radical (unpaired) electrons. The van der Waals surface area contributed by atoms with Crippen LogP contribution in [0, 0.1) is 0 Å². The molecule has 0 saturated carbocycles. The third-order valence-corrected chi connectivity index (χ3v) is 3.99. The second kappa shape index (κ2) is 6.52. The van der Waals surface area contributed by atoms with Crippen LogP contribution < -0.4 is 15.4 Å². The standard InChI is InChI=1S/C18H20N2O2/c19-18(21)16-8-4-10-17-15(16)9-5-11-20(17)12-13-22-14-6-2-1-3-7-14/h1-4,6-8,10H,5,9,11-13H2,(H2,19,21). The highest BCUT2D eigenvalue weighted by Gasteiger charge is 2.20. The third-order valence-electron chi connectivity index (χ3n) is 3.99. The van der Waals surface area contributed by atoms with Crippen LogP contribution in [0.25, 0.3) is 0 Å². The molecule has 1 aliphatic rings. The quantitative estimate of drug-likeness (QED) is 0.922. The van der Waals surface area contributed by atoms with E-state index in [1.165, 1.54) is 0 Å². The first-order valence-corrected chi connectivity index (χ1v) is 7.60. The van der Waals surface area contributed by atoms with E-state index in [1.54, 1.807) is 0 Å². The van der Waals surface area contributed by atoms with Gasteiger partial charge in [-0.25, -0.2) is 0 Å². The minimum Gasteiger partial charge on any atom is -0.492 e. The molecule has 0 atom stereocenters. The molecule has 2 aromatic rings. The number of ether oxygens (including phenoxy) is 1. The van der Waals surface area contributed by atoms with Crippen molar-refractivity contribution in [3.8, 4) is 5.75 Å². The SMILES string of the molecule is NC(=O)c1cccc2c1CCCN2CCOc1ccccc1. The zero-order chi connectivity index (χ0) is 15.4. The summed E-state index contributed by atoms with van der Waals surface area (Å²) >= 11 is 0. The average Bonchev–Trinajstić information content (AvgIpc) is 2.55. The largest absolute Gasteiger partial charge is 0.492 e. The lowest BCUT2D eigenvalue weighted by atomic mass is 9.96. The smallest absolute Gasteiger partial charge is 0.249 e. The van der Waals surface area contributed by atoms with Crippen LogP contribution in [0.3, 0.4) is 0 Å². The summed E-state index contributed by atoms with van der Waals surface area (Å²) in [6.07, 6.45) is 1.94. The second-order valence-corrected chi connectivity index (χ2v) is 5.42. The number of para-hydroxylation sites is 1. The van der Waals surface area contributed by atoms with Crippen molar-refractivity contribution in [1.29, 1.82) is 0 Å². The first-order chi connectivity index (χ1) is 10.8. The number of carbonyl (C=O) groups is 1. The Morgan fingerprint density at radius 1 is 1.14 bits per heavy atom. The van der Waals surface area contributed by atoms with E-state index in [9.17, 15) is 4.79 Å². The molecule has 4 nitrogen and oxygen atoms in total. The number of primary amides is 1. The van der Waals surface area contributed by atoms with Crippen LogP contribution in [0.15, 0.2) is 48.5 Å². The monoisotopic (exact) mass is 296 g/mol. The molecule has 0 bridgehead atoms. The molecule has 1 heterocycles. The van der Waals surface area contributed by atoms with Gasteiger partial charge in [-0.15, -0.1) is 0 Å². The number of hydrogen-bond donors (Lipinski definition) is 1. The molecule has 114 valence electrons. The van der Waals surface area contributed by atoms with Crippen molar-refractivity contribution < 1.29 is 9.53 Å². The van der Waals surface area contributed by atoms with E-state index in [-0.39, 0.29) is 5.91 Å². The van der Waals surface area contributed by atoms with E-state index in [0.29, 0.717) is 12.2 Å². The maximum Gasteiger partial charge on any atom is 0.249 e. The van der Waals surface area contributed by atoms with Gasteiger partial charge in [0.05, 0.1) is 6.54 Å². The number of carbonyl (C=O) groups excluding carboxylic acids is 1. The van der Waals surface area contributed by atoms with Gasteiger partial charge in [-0.05, 0) is 42.7 Å². The fraction of sp³-hybridized carbons (Fsp3) is 0.278. The molecular weight excluding hydrogens is 276 g/mol. The number of rotatable bonds is 5. The Hall–Kier alpha value is -2.49. The molecule has 1 aliphatic heterocycles. The van der Waals surface area contributed by atoms with Gasteiger partial charge in [0.25, 0.3) is 0 Å². The Kier molecular flexibility index (Phi) is 4.28. The van der Waals surface area contributed by atoms with E-state index in [1.807, 2.05) is 42.5 Å². The van der Waals surface area contributed by atoms with E-state index in [0.717, 1.165) is 42.9 Å². The topological polar surface area (TPSA) is 55.6 Å². The molecule has 0 unspecified atom stereocenters. The predicted octanol–water partition coefficient (Wildman–Crippen LogP) is 2.62. The van der Waals surface area contributed by atoms with Crippen molar-refractivity contribution in [3.63, 3.8) is 0 Å². The van der Waals surface area contributed by atoms with Crippen LogP contribution in [0.5, 0.6) is 5.75 Å². The number of fused-ring (bicyclic) bond motifs is 1. The van der Waals surface area contributed by atoms with Crippen LogP contribution in [-0.2, 0) is 6.42 Å². The molecule has 0 saturated heterocycles. The van der Waals surface area contributed by atoms with Gasteiger partial charge in [-0.3, -0.25) is 4.79 Å². The van der Waals surface area contributed by atoms with Crippen molar-refractivity contribution in [2.24, 2.45) is 5.73 Å². The van der Waals surface area contributed by atoms with Crippen LogP contribution in [0.2, 0.25) is 0 Å². The summed E-state index contributed by atoms with van der Waals surface area (Å²) in [6.45, 7) is 2.39. The van der Waals surface area contributed by atoms with Gasteiger partial charge in [-0.1, -0.05) is 24.3 Å². The Balaban J connectivity index is 1.70. The number of nitrogens with two attached hydrogens (primary N) is 1. The Bertz CT molecular complexity index is 655. The molecule has 2 aromatic carbocycles. The normalized spacial score (nSPS) is 13.5. The molecule has 0 aliphatic carbocycles. The number of anilines is 1. The molecular formula is C18H20N2O2. The Morgan fingerprint density at radius 2 is 1.95 bits per heavy atom. The minimum atomic E-state index is -0.348. The second-order valence-electron chi connectivity index (χ2n) is 5.42. The van der Waals surface area contributed by atoms with Gasteiger partial charge in [0, 0.05) is 17.8 Å². The maximum absolute atomic E-state index is 11.6. The lowest BCUT2D eigenvalue weighted by Crippen LogP contribution is -2.34. The van der Waals surface area contributed by atoms with Gasteiger partial charge in [0.2, 0.25) is 5.91 Å². The highest BCUT2D eigenvalue weighted by Crippen LogP contribution is 2.29. The van der Waals surface area contributed by atoms with Gasteiger partial charge in [0.15, 0.2) is 0 Å². The molecule has 0 fully saturated rings. The molecule has 0 aromatic heterocycles. The number of benzene rings is 2. The Labute approximate surface area is 130 Å². The van der Waals surface area contributed by atoms with Crippen molar-refractivity contribution in [1.82, 2.24) is 0 Å². The third kappa shape index (κ3) is 3.06. The van der Waals surface area contributed by atoms with Gasteiger partial charge >= 0.3 is 0 Å². The summed E-state index contributed by atoms with van der Waals surface area (Å²) < 4.78 is 5.77. The maximum atomic E-state index is 11.6. The lowest BCUT2D eigenvalue weighted by molar-refractivity contribution is 0.0999. The summed E-state index contributed by atoms with van der Waals surface area (Å²) in [6, 6.07) is 15.6. The predicted molar refractivity (Wildman–Crippen MR) is 87.4 cm³/mol. The zero-order valence-electron chi connectivity index (χ0n) is 12.5. The average molecular weight is 296 g/mol. The van der Waals surface area contributed by atoms with Crippen LogP contribution in [0.1, 0.15) is 22.3 Å². The summed E-state index contributed by atoms with van der Waals surface area (Å²) in [7, 11) is 0. The molecule has 1 amide bonds. The van der Waals surface area contributed by atoms with Crippen molar-refractivity contribution in [2.45, 2.75) is 12.8 Å². The zero-order valence-corrected chi connectivity index (χ0v) is 12.5. The fourth-order valence-corrected chi connectivity index (χ4v) is 2.95. The molecule has 4 heteroatoms. The summed E-state index contributed by atoms with van der Waals surface area (Å²) in [5.41, 5.74) is 8.30. The van der Waals surface area contributed by atoms with E-state index in [2.05, 4.69) is 11.0 Å². The van der Waals surface area contributed by atoms with E-state index in [4.69, 9.17) is 10.5 Å². The fourth-order valence-electron chi connectivity index (χ4n) is 2.95. The van der Waals surface area contributed by atoms with Crippen LogP contribution in [0.4, 0.5) is 5.69 Å². The van der Waals surface area contributed by atoms with Gasteiger partial charge in [0.1, 0.15) is 12.4 Å². The summed E-state index contributed by atoms with van der Waals surface area (Å²) in [5, 5.41) is 0. The number of hydrogen-bond acceptors (Lipinski definition) is 3. The highest BCUT2D eigenvalue weighted by molar-refractivity contribution is 5.96. The van der Waals surface area contributed by atoms with E-state index >= 15 is 0 Å². The van der Waals surface area contributed by atoms with Crippen molar-refractivity contribution in [3.05, 3.63) is 59.7 Å². The minimum absolute atomic E-state index is 0.348. The highest BCUT2D eigenvalue weighted by atomic mass is 16.5. The molecule has 0 spiro atoms. The van der Waals surface area contributed by atoms with Crippen molar-refractivity contribution >= 4 is 11.6 Å². The van der Waals surface area contributed by atoms with Gasteiger partial charge in [-0.2, -0.15) is 0 Å². The Morgan fingerprint density at radius 3 is 2.73 bits per heavy atom. The molecule has 22 heavy (non-hydrogen) atoms. The lowest BCUT2D eigenvalue weighted by Gasteiger charge is -2.32. The first kappa shape index (κ1) is 14.4. The van der Waals surface area contributed by atoms with Crippen LogP contribution >= 0.6 is 0 Å².